The highest BCUT2D eigenvalue weighted by Gasteiger charge is 2.14. The first kappa shape index (κ1) is 13.0. The molecule has 0 aliphatic carbocycles. The van der Waals surface area contributed by atoms with E-state index in [1.54, 1.807) is 0 Å². The van der Waals surface area contributed by atoms with Crippen molar-refractivity contribution in [2.24, 2.45) is 0 Å². The zero-order valence-corrected chi connectivity index (χ0v) is 12.2. The van der Waals surface area contributed by atoms with Crippen LogP contribution in [-0.4, -0.2) is 16.3 Å². The summed E-state index contributed by atoms with van der Waals surface area (Å²) in [6.45, 7) is 6.53. The van der Waals surface area contributed by atoms with Crippen molar-refractivity contribution in [3.8, 4) is 11.3 Å². The predicted molar refractivity (Wildman–Crippen MR) is 75.8 cm³/mol. The van der Waals surface area contributed by atoms with Gasteiger partial charge in [-0.3, -0.25) is 4.79 Å². The summed E-state index contributed by atoms with van der Waals surface area (Å²) in [5, 5.41) is 0. The van der Waals surface area contributed by atoms with Crippen molar-refractivity contribution in [1.82, 2.24) is 9.97 Å². The Morgan fingerprint density at radius 3 is 2.28 bits per heavy atom. The minimum atomic E-state index is 0.134. The number of nitrogens with one attached hydrogen (secondary N) is 1. The summed E-state index contributed by atoms with van der Waals surface area (Å²) in [5.74, 6) is 0.330. The van der Waals surface area contributed by atoms with E-state index >= 15 is 0 Å². The van der Waals surface area contributed by atoms with E-state index in [0.717, 1.165) is 15.9 Å². The topological polar surface area (TPSA) is 45.8 Å². The van der Waals surface area contributed by atoms with E-state index in [2.05, 4.69) is 58.8 Å². The van der Waals surface area contributed by atoms with Crippen LogP contribution in [-0.2, 0) is 5.41 Å². The second-order valence-corrected chi connectivity index (χ2v) is 6.02. The summed E-state index contributed by atoms with van der Waals surface area (Å²) in [4.78, 5) is 17.8. The first-order chi connectivity index (χ1) is 8.41. The molecular formula is C14H15BrN2O. The van der Waals surface area contributed by atoms with Gasteiger partial charge in [0.2, 0.25) is 0 Å². The second-order valence-electron chi connectivity index (χ2n) is 5.23. The number of hydrogen-bond acceptors (Lipinski definition) is 2. The molecule has 2 rings (SSSR count). The van der Waals surface area contributed by atoms with Crippen LogP contribution in [0.25, 0.3) is 11.3 Å². The maximum Gasteiger partial charge on any atom is 0.185 e. The van der Waals surface area contributed by atoms with Gasteiger partial charge in [0.15, 0.2) is 12.1 Å². The Balaban J connectivity index is 2.40. The number of halogens is 1. The quantitative estimate of drug-likeness (QED) is 0.854. The molecule has 2 aromatic rings. The zero-order chi connectivity index (χ0) is 13.3. The highest BCUT2D eigenvalue weighted by Crippen LogP contribution is 2.28. The van der Waals surface area contributed by atoms with Crippen LogP contribution < -0.4 is 0 Å². The molecule has 0 amide bonds. The van der Waals surface area contributed by atoms with Gasteiger partial charge in [-0.15, -0.1) is 0 Å². The van der Waals surface area contributed by atoms with E-state index in [0.29, 0.717) is 12.1 Å². The molecule has 3 nitrogen and oxygen atoms in total. The number of imidazole rings is 1. The largest absolute Gasteiger partial charge is 0.330 e. The highest BCUT2D eigenvalue weighted by molar-refractivity contribution is 9.10. The molecule has 1 aromatic carbocycles. The molecule has 1 heterocycles. The lowest BCUT2D eigenvalue weighted by Crippen LogP contribution is -2.10. The highest BCUT2D eigenvalue weighted by atomic mass is 79.9. The van der Waals surface area contributed by atoms with Crippen LogP contribution in [0.4, 0.5) is 0 Å². The Hall–Kier alpha value is -1.42. The van der Waals surface area contributed by atoms with Crippen molar-refractivity contribution in [3.63, 3.8) is 0 Å². The van der Waals surface area contributed by atoms with Gasteiger partial charge in [0.25, 0.3) is 0 Å². The number of carbonyl (C=O) groups excluding carboxylic acids is 1. The average molecular weight is 307 g/mol. The van der Waals surface area contributed by atoms with Crippen LogP contribution in [0.2, 0.25) is 0 Å². The van der Waals surface area contributed by atoms with E-state index in [4.69, 9.17) is 0 Å². The van der Waals surface area contributed by atoms with E-state index < -0.39 is 0 Å². The third-order valence-electron chi connectivity index (χ3n) is 2.81. The molecule has 1 N–H and O–H groups in total. The van der Waals surface area contributed by atoms with Crippen LogP contribution in [0, 0.1) is 0 Å². The number of nitrogens with zero attached hydrogens (tertiary/aromatic N) is 1. The number of aromatic nitrogens is 2. The van der Waals surface area contributed by atoms with E-state index in [1.165, 1.54) is 5.56 Å². The molecule has 0 fully saturated rings. The molecule has 94 valence electrons. The number of H-pyrrole nitrogens is 1. The number of aldehydes is 1. The van der Waals surface area contributed by atoms with Gasteiger partial charge in [-0.05, 0) is 26.9 Å². The molecule has 0 saturated carbocycles. The lowest BCUT2D eigenvalue weighted by Gasteiger charge is -2.18. The minimum absolute atomic E-state index is 0.134. The van der Waals surface area contributed by atoms with Gasteiger partial charge in [0, 0.05) is 5.56 Å². The molecular weight excluding hydrogens is 292 g/mol. The summed E-state index contributed by atoms with van der Waals surface area (Å²) in [6, 6.07) is 8.24. The summed E-state index contributed by atoms with van der Waals surface area (Å²) in [6.07, 6.45) is 0.706. The third-order valence-corrected chi connectivity index (χ3v) is 3.39. The number of carbonyl (C=O) groups is 1. The molecule has 0 spiro atoms. The third kappa shape index (κ3) is 2.53. The molecule has 1 aromatic heterocycles. The number of aromatic amines is 1. The average Bonchev–Trinajstić information content (AvgIpc) is 2.70. The van der Waals surface area contributed by atoms with E-state index in [1.807, 2.05) is 12.1 Å². The Morgan fingerprint density at radius 1 is 1.22 bits per heavy atom. The summed E-state index contributed by atoms with van der Waals surface area (Å²) >= 11 is 3.38. The molecule has 0 unspecified atom stereocenters. The summed E-state index contributed by atoms with van der Waals surface area (Å²) in [7, 11) is 0. The lowest BCUT2D eigenvalue weighted by atomic mass is 9.86. The molecule has 0 bridgehead atoms. The first-order valence-corrected chi connectivity index (χ1v) is 6.52. The van der Waals surface area contributed by atoms with Crippen molar-refractivity contribution in [2.75, 3.05) is 0 Å². The maximum atomic E-state index is 10.7. The Bertz CT molecular complexity index is 564. The standard InChI is InChI=1S/C14H15BrN2O/c1-14(2,3)10-6-4-9(5-7-10)12-13(15)17-11(8-18)16-12/h4-8H,1-3H3,(H,16,17). The summed E-state index contributed by atoms with van der Waals surface area (Å²) in [5.41, 5.74) is 3.15. The Kier molecular flexibility index (Phi) is 3.39. The zero-order valence-electron chi connectivity index (χ0n) is 10.6. The van der Waals surface area contributed by atoms with Gasteiger partial charge < -0.3 is 4.98 Å². The smallest absolute Gasteiger partial charge is 0.185 e. The Labute approximate surface area is 115 Å². The van der Waals surface area contributed by atoms with Crippen LogP contribution in [0.5, 0.6) is 0 Å². The number of hydrogen-bond donors (Lipinski definition) is 1. The number of benzene rings is 1. The molecule has 0 atom stereocenters. The van der Waals surface area contributed by atoms with Gasteiger partial charge >= 0.3 is 0 Å². The number of rotatable bonds is 2. The van der Waals surface area contributed by atoms with Crippen LogP contribution in [0.3, 0.4) is 0 Å². The van der Waals surface area contributed by atoms with E-state index in [-0.39, 0.29) is 5.41 Å². The normalized spacial score (nSPS) is 11.6. The SMILES string of the molecule is CC(C)(C)c1ccc(-c2nc(C=O)[nH]c2Br)cc1. The molecule has 0 saturated heterocycles. The monoisotopic (exact) mass is 306 g/mol. The van der Waals surface area contributed by atoms with Gasteiger partial charge in [0.05, 0.1) is 0 Å². The van der Waals surface area contributed by atoms with Crippen molar-refractivity contribution in [2.45, 2.75) is 26.2 Å². The molecule has 18 heavy (non-hydrogen) atoms. The fraction of sp³-hybridized carbons (Fsp3) is 0.286. The van der Waals surface area contributed by atoms with Gasteiger partial charge in [-0.1, -0.05) is 45.0 Å². The second kappa shape index (κ2) is 4.69. The molecule has 0 aliphatic heterocycles. The lowest BCUT2D eigenvalue weighted by molar-refractivity contribution is 0.111. The van der Waals surface area contributed by atoms with Gasteiger partial charge in [0.1, 0.15) is 10.3 Å². The minimum Gasteiger partial charge on any atom is -0.330 e. The van der Waals surface area contributed by atoms with Gasteiger partial charge in [-0.25, -0.2) is 4.98 Å². The van der Waals surface area contributed by atoms with Crippen LogP contribution >= 0.6 is 15.9 Å². The van der Waals surface area contributed by atoms with Crippen molar-refractivity contribution in [3.05, 3.63) is 40.3 Å². The van der Waals surface area contributed by atoms with Crippen molar-refractivity contribution < 1.29 is 4.79 Å². The van der Waals surface area contributed by atoms with Crippen LogP contribution in [0.1, 0.15) is 37.0 Å². The maximum absolute atomic E-state index is 10.7. The fourth-order valence-corrected chi connectivity index (χ4v) is 2.27. The van der Waals surface area contributed by atoms with Crippen molar-refractivity contribution in [1.29, 1.82) is 0 Å². The van der Waals surface area contributed by atoms with E-state index in [9.17, 15) is 4.79 Å². The molecule has 0 aliphatic rings. The Morgan fingerprint density at radius 2 is 1.83 bits per heavy atom. The predicted octanol–water partition coefficient (Wildman–Crippen LogP) is 3.95. The van der Waals surface area contributed by atoms with Crippen molar-refractivity contribution >= 4 is 22.2 Å². The van der Waals surface area contributed by atoms with Crippen LogP contribution in [0.15, 0.2) is 28.9 Å². The summed E-state index contributed by atoms with van der Waals surface area (Å²) < 4.78 is 0.730. The molecule has 4 heteroatoms. The first-order valence-electron chi connectivity index (χ1n) is 5.73. The fourth-order valence-electron chi connectivity index (χ4n) is 1.74. The molecule has 0 radical (unpaired) electrons. The van der Waals surface area contributed by atoms with Gasteiger partial charge in [-0.2, -0.15) is 0 Å².